The number of hydrogen-bond acceptors (Lipinski definition) is 2. The highest BCUT2D eigenvalue weighted by atomic mass is 16.2. The van der Waals surface area contributed by atoms with Crippen molar-refractivity contribution in [2.24, 2.45) is 0 Å². The van der Waals surface area contributed by atoms with Crippen molar-refractivity contribution in [1.82, 2.24) is 0 Å². The Morgan fingerprint density at radius 3 is 2.93 bits per heavy atom. The number of anilines is 2. The second kappa shape index (κ2) is 3.93. The number of rotatable bonds is 1. The summed E-state index contributed by atoms with van der Waals surface area (Å²) < 4.78 is 0. The van der Waals surface area contributed by atoms with Gasteiger partial charge in [-0.2, -0.15) is 0 Å². The summed E-state index contributed by atoms with van der Waals surface area (Å²) >= 11 is 0. The number of nitrogens with zero attached hydrogens (tertiary/aromatic N) is 1. The van der Waals surface area contributed by atoms with Gasteiger partial charge in [0.2, 0.25) is 5.91 Å². The first-order chi connectivity index (χ1) is 7.24. The predicted octanol–water partition coefficient (Wildman–Crippen LogP) is 2.03. The molecule has 1 aromatic carbocycles. The summed E-state index contributed by atoms with van der Waals surface area (Å²) in [4.78, 5) is 13.3. The average Bonchev–Trinajstić information content (AvgIpc) is 2.27. The highest BCUT2D eigenvalue weighted by Gasteiger charge is 2.21. The van der Waals surface area contributed by atoms with Crippen LogP contribution in [0.25, 0.3) is 0 Å². The second-order valence-corrected chi connectivity index (χ2v) is 3.83. The molecule has 0 unspecified atom stereocenters. The number of carbonyl (C=O) groups excluding carboxylic acids is 1. The molecule has 1 amide bonds. The van der Waals surface area contributed by atoms with E-state index in [4.69, 9.17) is 0 Å². The van der Waals surface area contributed by atoms with E-state index in [1.54, 1.807) is 6.92 Å². The van der Waals surface area contributed by atoms with Crippen LogP contribution in [0, 0.1) is 0 Å². The molecule has 3 nitrogen and oxygen atoms in total. The van der Waals surface area contributed by atoms with Crippen LogP contribution in [0.3, 0.4) is 0 Å². The molecule has 0 bridgehead atoms. The van der Waals surface area contributed by atoms with Gasteiger partial charge in [-0.1, -0.05) is 6.07 Å². The molecule has 0 atom stereocenters. The maximum absolute atomic E-state index is 11.5. The summed E-state index contributed by atoms with van der Waals surface area (Å²) in [6.07, 6.45) is 2.10. The third-order valence-corrected chi connectivity index (χ3v) is 2.90. The van der Waals surface area contributed by atoms with E-state index in [1.165, 1.54) is 5.56 Å². The summed E-state index contributed by atoms with van der Waals surface area (Å²) in [6, 6.07) is 6.07. The zero-order valence-electron chi connectivity index (χ0n) is 9.21. The Morgan fingerprint density at radius 1 is 1.47 bits per heavy atom. The molecular weight excluding hydrogens is 188 g/mol. The van der Waals surface area contributed by atoms with Gasteiger partial charge >= 0.3 is 0 Å². The molecule has 0 aromatic heterocycles. The van der Waals surface area contributed by atoms with Crippen LogP contribution in [-0.2, 0) is 11.2 Å². The molecule has 0 saturated carbocycles. The van der Waals surface area contributed by atoms with E-state index in [1.807, 2.05) is 24.1 Å². The van der Waals surface area contributed by atoms with E-state index in [0.29, 0.717) is 0 Å². The third-order valence-electron chi connectivity index (χ3n) is 2.90. The van der Waals surface area contributed by atoms with Gasteiger partial charge in [-0.15, -0.1) is 0 Å². The molecule has 1 aliphatic rings. The van der Waals surface area contributed by atoms with E-state index >= 15 is 0 Å². The van der Waals surface area contributed by atoms with Crippen molar-refractivity contribution in [2.75, 3.05) is 23.8 Å². The standard InChI is InChI=1S/C12H16N2O/c1-9(15)14-8-4-5-10-11(13-2)6-3-7-12(10)14/h3,6-7,13H,4-5,8H2,1-2H3. The predicted molar refractivity (Wildman–Crippen MR) is 62.3 cm³/mol. The summed E-state index contributed by atoms with van der Waals surface area (Å²) in [6.45, 7) is 2.47. The number of nitrogens with one attached hydrogen (secondary N) is 1. The Bertz CT molecular complexity index is 387. The van der Waals surface area contributed by atoms with Crippen LogP contribution in [0.15, 0.2) is 18.2 Å². The smallest absolute Gasteiger partial charge is 0.223 e. The van der Waals surface area contributed by atoms with Crippen molar-refractivity contribution in [2.45, 2.75) is 19.8 Å². The van der Waals surface area contributed by atoms with Crippen LogP contribution in [-0.4, -0.2) is 19.5 Å². The van der Waals surface area contributed by atoms with Gasteiger partial charge in [-0.05, 0) is 30.5 Å². The van der Waals surface area contributed by atoms with E-state index in [9.17, 15) is 4.79 Å². The summed E-state index contributed by atoms with van der Waals surface area (Å²) in [5.41, 5.74) is 3.47. The Hall–Kier alpha value is -1.51. The minimum absolute atomic E-state index is 0.129. The lowest BCUT2D eigenvalue weighted by atomic mass is 9.99. The molecule has 80 valence electrons. The lowest BCUT2D eigenvalue weighted by Gasteiger charge is -2.29. The molecule has 15 heavy (non-hydrogen) atoms. The number of amides is 1. The van der Waals surface area contributed by atoms with Gasteiger partial charge in [0.1, 0.15) is 0 Å². The van der Waals surface area contributed by atoms with Crippen LogP contribution in [0.4, 0.5) is 11.4 Å². The topological polar surface area (TPSA) is 32.3 Å². The van der Waals surface area contributed by atoms with Crippen LogP contribution in [0.2, 0.25) is 0 Å². The fourth-order valence-electron chi connectivity index (χ4n) is 2.19. The SMILES string of the molecule is CNc1cccc2c1CCCN2C(C)=O. The van der Waals surface area contributed by atoms with E-state index < -0.39 is 0 Å². The quantitative estimate of drug-likeness (QED) is 0.759. The lowest BCUT2D eigenvalue weighted by Crippen LogP contribution is -2.33. The number of fused-ring (bicyclic) bond motifs is 1. The zero-order valence-corrected chi connectivity index (χ0v) is 9.21. The molecule has 3 heteroatoms. The van der Waals surface area contributed by atoms with E-state index in [2.05, 4.69) is 11.4 Å². The lowest BCUT2D eigenvalue weighted by molar-refractivity contribution is -0.116. The minimum atomic E-state index is 0.129. The molecule has 1 N–H and O–H groups in total. The molecule has 1 heterocycles. The van der Waals surface area contributed by atoms with Crippen molar-refractivity contribution in [3.05, 3.63) is 23.8 Å². The molecular formula is C12H16N2O. The average molecular weight is 204 g/mol. The zero-order chi connectivity index (χ0) is 10.8. The Labute approximate surface area is 90.1 Å². The van der Waals surface area contributed by atoms with E-state index in [-0.39, 0.29) is 5.91 Å². The van der Waals surface area contributed by atoms with Gasteiger partial charge in [-0.25, -0.2) is 0 Å². The van der Waals surface area contributed by atoms with Gasteiger partial charge in [-0.3, -0.25) is 4.79 Å². The molecule has 0 spiro atoms. The Kier molecular flexibility index (Phi) is 2.62. The first kappa shape index (κ1) is 10.0. The summed E-state index contributed by atoms with van der Waals surface area (Å²) in [5, 5.41) is 3.18. The Balaban J connectivity index is 2.48. The highest BCUT2D eigenvalue weighted by Crippen LogP contribution is 2.32. The van der Waals surface area contributed by atoms with Gasteiger partial charge in [0, 0.05) is 31.9 Å². The van der Waals surface area contributed by atoms with Crippen LogP contribution >= 0.6 is 0 Å². The Morgan fingerprint density at radius 2 is 2.27 bits per heavy atom. The summed E-state index contributed by atoms with van der Waals surface area (Å²) in [5.74, 6) is 0.129. The van der Waals surface area contributed by atoms with Crippen molar-refractivity contribution >= 4 is 17.3 Å². The monoisotopic (exact) mass is 204 g/mol. The van der Waals surface area contributed by atoms with Crippen molar-refractivity contribution in [1.29, 1.82) is 0 Å². The van der Waals surface area contributed by atoms with Gasteiger partial charge < -0.3 is 10.2 Å². The minimum Gasteiger partial charge on any atom is -0.388 e. The molecule has 0 saturated heterocycles. The fraction of sp³-hybridized carbons (Fsp3) is 0.417. The van der Waals surface area contributed by atoms with Crippen LogP contribution in [0.1, 0.15) is 18.9 Å². The molecule has 0 radical (unpaired) electrons. The van der Waals surface area contributed by atoms with Crippen molar-refractivity contribution in [3.8, 4) is 0 Å². The molecule has 2 rings (SSSR count). The number of benzene rings is 1. The fourth-order valence-corrected chi connectivity index (χ4v) is 2.19. The highest BCUT2D eigenvalue weighted by molar-refractivity contribution is 5.93. The maximum Gasteiger partial charge on any atom is 0.223 e. The van der Waals surface area contributed by atoms with Crippen LogP contribution < -0.4 is 10.2 Å². The number of hydrogen-bond donors (Lipinski definition) is 1. The first-order valence-corrected chi connectivity index (χ1v) is 5.32. The van der Waals surface area contributed by atoms with Crippen molar-refractivity contribution < 1.29 is 4.79 Å². The molecule has 1 aliphatic heterocycles. The van der Waals surface area contributed by atoms with Crippen LogP contribution in [0.5, 0.6) is 0 Å². The maximum atomic E-state index is 11.5. The number of carbonyl (C=O) groups is 1. The largest absolute Gasteiger partial charge is 0.388 e. The van der Waals surface area contributed by atoms with Gasteiger partial charge in [0.25, 0.3) is 0 Å². The first-order valence-electron chi connectivity index (χ1n) is 5.32. The summed E-state index contributed by atoms with van der Waals surface area (Å²) in [7, 11) is 1.92. The van der Waals surface area contributed by atoms with E-state index in [0.717, 1.165) is 30.8 Å². The molecule has 1 aromatic rings. The van der Waals surface area contributed by atoms with Gasteiger partial charge in [0.15, 0.2) is 0 Å². The van der Waals surface area contributed by atoms with Gasteiger partial charge in [0.05, 0.1) is 0 Å². The molecule has 0 aliphatic carbocycles. The van der Waals surface area contributed by atoms with Crippen molar-refractivity contribution in [3.63, 3.8) is 0 Å². The second-order valence-electron chi connectivity index (χ2n) is 3.83. The molecule has 0 fully saturated rings. The normalized spacial score (nSPS) is 14.7. The third kappa shape index (κ3) is 1.69.